The van der Waals surface area contributed by atoms with Gasteiger partial charge in [0.25, 0.3) is 5.91 Å². The molecule has 35 heavy (non-hydrogen) atoms. The second-order valence-electron chi connectivity index (χ2n) is 8.29. The van der Waals surface area contributed by atoms with Crippen molar-refractivity contribution in [2.45, 2.75) is 38.0 Å². The predicted molar refractivity (Wildman–Crippen MR) is 122 cm³/mol. The van der Waals surface area contributed by atoms with Crippen LogP contribution in [0.1, 0.15) is 29.6 Å². The molecule has 1 aliphatic rings. The normalized spacial score (nSPS) is 17.7. The molecule has 8 nitrogen and oxygen atoms in total. The molecule has 3 aromatic heterocycles. The van der Waals surface area contributed by atoms with Crippen LogP contribution in [0.4, 0.5) is 13.2 Å². The number of nitrogens with two attached hydrogens (primary N) is 1. The van der Waals surface area contributed by atoms with Crippen molar-refractivity contribution in [3.8, 4) is 22.8 Å². The minimum Gasteiger partial charge on any atom is -0.435 e. The second-order valence-corrected chi connectivity index (χ2v) is 8.29. The zero-order valence-electron chi connectivity index (χ0n) is 18.4. The topological polar surface area (TPSA) is 108 Å². The van der Waals surface area contributed by atoms with Gasteiger partial charge in [0.05, 0.1) is 29.0 Å². The summed E-state index contributed by atoms with van der Waals surface area (Å²) in [6.07, 6.45) is 7.75. The van der Waals surface area contributed by atoms with Gasteiger partial charge >= 0.3 is 6.61 Å². The summed E-state index contributed by atoms with van der Waals surface area (Å²) in [4.78, 5) is 25.5. The largest absolute Gasteiger partial charge is 0.435 e. The molecule has 1 fully saturated rings. The smallest absolute Gasteiger partial charge is 0.387 e. The van der Waals surface area contributed by atoms with Gasteiger partial charge in [-0.05, 0) is 43.0 Å². The molecule has 1 aliphatic carbocycles. The van der Waals surface area contributed by atoms with Gasteiger partial charge in [0.2, 0.25) is 5.95 Å². The molecule has 180 valence electrons. The molecule has 2 atom stereocenters. The zero-order valence-corrected chi connectivity index (χ0v) is 18.4. The summed E-state index contributed by atoms with van der Waals surface area (Å²) in [6, 6.07) is 7.60. The highest BCUT2D eigenvalue weighted by atomic mass is 19.3. The van der Waals surface area contributed by atoms with Crippen LogP contribution in [0.2, 0.25) is 0 Å². The Morgan fingerprint density at radius 3 is 2.66 bits per heavy atom. The summed E-state index contributed by atoms with van der Waals surface area (Å²) in [7, 11) is 0. The number of aromatic nitrogens is 4. The summed E-state index contributed by atoms with van der Waals surface area (Å²) in [5.74, 6) is -0.781. The highest BCUT2D eigenvalue weighted by Gasteiger charge is 2.26. The van der Waals surface area contributed by atoms with Crippen molar-refractivity contribution in [3.63, 3.8) is 0 Å². The average molecular weight is 482 g/mol. The molecule has 3 heterocycles. The van der Waals surface area contributed by atoms with Crippen molar-refractivity contribution in [3.05, 3.63) is 66.5 Å². The fourth-order valence-electron chi connectivity index (χ4n) is 4.29. The minimum atomic E-state index is -2.97. The van der Waals surface area contributed by atoms with Crippen LogP contribution < -0.4 is 15.8 Å². The third-order valence-corrected chi connectivity index (χ3v) is 5.98. The maximum absolute atomic E-state index is 13.4. The zero-order chi connectivity index (χ0) is 24.5. The van der Waals surface area contributed by atoms with Gasteiger partial charge in [0.15, 0.2) is 5.82 Å². The van der Waals surface area contributed by atoms with E-state index in [2.05, 4.69) is 25.0 Å². The van der Waals surface area contributed by atoms with Gasteiger partial charge in [0, 0.05) is 30.0 Å². The maximum Gasteiger partial charge on any atom is 0.387 e. The van der Waals surface area contributed by atoms with Crippen molar-refractivity contribution in [2.24, 2.45) is 5.73 Å². The first-order valence-corrected chi connectivity index (χ1v) is 11.0. The molecular weight excluding hydrogens is 461 g/mol. The Balaban J connectivity index is 1.60. The summed E-state index contributed by atoms with van der Waals surface area (Å²) in [5, 5.41) is 2.96. The van der Waals surface area contributed by atoms with Crippen LogP contribution in [0, 0.1) is 5.82 Å². The van der Waals surface area contributed by atoms with Gasteiger partial charge in [-0.15, -0.1) is 0 Å². The molecule has 0 aliphatic heterocycles. The Morgan fingerprint density at radius 2 is 1.94 bits per heavy atom. The Hall–Kier alpha value is -3.99. The number of rotatable bonds is 6. The Labute approximate surface area is 198 Å². The monoisotopic (exact) mass is 482 g/mol. The molecule has 4 aromatic rings. The predicted octanol–water partition coefficient (Wildman–Crippen LogP) is 3.83. The van der Waals surface area contributed by atoms with Gasteiger partial charge in [-0.3, -0.25) is 14.3 Å². The highest BCUT2D eigenvalue weighted by Crippen LogP contribution is 2.33. The third-order valence-electron chi connectivity index (χ3n) is 5.98. The molecule has 1 amide bonds. The molecule has 0 radical (unpaired) electrons. The van der Waals surface area contributed by atoms with E-state index in [1.54, 1.807) is 29.0 Å². The number of carbonyl (C=O) groups is 1. The molecule has 1 aromatic carbocycles. The number of nitrogens with one attached hydrogen (secondary N) is 1. The molecule has 1 saturated carbocycles. The first kappa shape index (κ1) is 22.8. The van der Waals surface area contributed by atoms with E-state index in [4.69, 9.17) is 5.73 Å². The van der Waals surface area contributed by atoms with E-state index in [0.717, 1.165) is 31.7 Å². The number of benzene rings is 1. The number of hydrogen-bond acceptors (Lipinski definition) is 6. The van der Waals surface area contributed by atoms with E-state index in [9.17, 15) is 18.0 Å². The summed E-state index contributed by atoms with van der Waals surface area (Å²) in [6.45, 7) is -2.97. The van der Waals surface area contributed by atoms with Gasteiger partial charge in [-0.25, -0.2) is 14.4 Å². The van der Waals surface area contributed by atoms with E-state index >= 15 is 0 Å². The Kier molecular flexibility index (Phi) is 6.08. The quantitative estimate of drug-likeness (QED) is 0.433. The average Bonchev–Trinajstić information content (AvgIpc) is 3.42. The van der Waals surface area contributed by atoms with Crippen LogP contribution in [-0.2, 0) is 0 Å². The summed E-state index contributed by atoms with van der Waals surface area (Å²) < 4.78 is 45.0. The van der Waals surface area contributed by atoms with Crippen LogP contribution in [0.5, 0.6) is 5.75 Å². The van der Waals surface area contributed by atoms with Crippen LogP contribution in [0.15, 0.2) is 55.1 Å². The number of ether oxygens (including phenoxy) is 1. The molecule has 1 unspecified atom stereocenters. The van der Waals surface area contributed by atoms with Crippen LogP contribution in [-0.4, -0.2) is 44.1 Å². The third kappa shape index (κ3) is 4.67. The standard InChI is InChI=1S/C24H21F3N6O2/c25-15-10-30-24(31-11-15)33-12-17(13-3-1-4-16(7-13)35-23(26)27)21-20(33)8-14(9-29-21)22(34)32-19-6-2-5-18(19)28/h1,3-4,7-12,18-19,23H,2,5-6,28H2,(H,32,34)/t18?,19-/m1/s1. The molecular formula is C24H21F3N6O2. The fraction of sp³-hybridized carbons (Fsp3) is 0.250. The van der Waals surface area contributed by atoms with E-state index in [1.807, 2.05) is 0 Å². The lowest BCUT2D eigenvalue weighted by molar-refractivity contribution is -0.0498. The second kappa shape index (κ2) is 9.34. The van der Waals surface area contributed by atoms with Crippen molar-refractivity contribution < 1.29 is 22.7 Å². The number of nitrogens with zero attached hydrogens (tertiary/aromatic N) is 4. The van der Waals surface area contributed by atoms with E-state index < -0.39 is 12.4 Å². The van der Waals surface area contributed by atoms with E-state index in [1.165, 1.54) is 18.3 Å². The van der Waals surface area contributed by atoms with Gasteiger partial charge < -0.3 is 15.8 Å². The van der Waals surface area contributed by atoms with Crippen molar-refractivity contribution >= 4 is 16.9 Å². The number of pyridine rings is 1. The lowest BCUT2D eigenvalue weighted by atomic mass is 10.1. The van der Waals surface area contributed by atoms with Gasteiger partial charge in [-0.2, -0.15) is 8.78 Å². The number of carbonyl (C=O) groups excluding carboxylic acids is 1. The number of hydrogen-bond donors (Lipinski definition) is 2. The van der Waals surface area contributed by atoms with Crippen LogP contribution in [0.25, 0.3) is 28.1 Å². The minimum absolute atomic E-state index is 0.0136. The van der Waals surface area contributed by atoms with Gasteiger partial charge in [0.1, 0.15) is 5.75 Å². The lowest BCUT2D eigenvalue weighted by Crippen LogP contribution is -2.44. The SMILES string of the molecule is NC1CCC[C@H]1NC(=O)c1cnc2c(-c3cccc(OC(F)F)c3)cn(-c3ncc(F)cn3)c2c1. The summed E-state index contributed by atoms with van der Waals surface area (Å²) >= 11 is 0. The van der Waals surface area contributed by atoms with Crippen molar-refractivity contribution in [1.82, 2.24) is 24.8 Å². The number of fused-ring (bicyclic) bond motifs is 1. The first-order chi connectivity index (χ1) is 16.9. The first-order valence-electron chi connectivity index (χ1n) is 11.0. The Morgan fingerprint density at radius 1 is 1.14 bits per heavy atom. The molecule has 11 heteroatoms. The molecule has 0 spiro atoms. The molecule has 3 N–H and O–H groups in total. The lowest BCUT2D eigenvalue weighted by Gasteiger charge is -2.17. The molecule has 0 bridgehead atoms. The fourth-order valence-corrected chi connectivity index (χ4v) is 4.29. The Bertz CT molecular complexity index is 1380. The highest BCUT2D eigenvalue weighted by molar-refractivity contribution is 6.00. The number of amides is 1. The van der Waals surface area contributed by atoms with Crippen LogP contribution in [0.3, 0.4) is 0 Å². The van der Waals surface area contributed by atoms with Crippen LogP contribution >= 0.6 is 0 Å². The summed E-state index contributed by atoms with van der Waals surface area (Å²) in [5.41, 5.74) is 8.46. The number of halogens is 3. The molecule has 0 saturated heterocycles. The van der Waals surface area contributed by atoms with E-state index in [0.29, 0.717) is 27.7 Å². The number of alkyl halides is 2. The van der Waals surface area contributed by atoms with Crippen molar-refractivity contribution in [2.75, 3.05) is 0 Å². The van der Waals surface area contributed by atoms with Gasteiger partial charge in [-0.1, -0.05) is 12.1 Å². The van der Waals surface area contributed by atoms with E-state index in [-0.39, 0.29) is 29.7 Å². The molecule has 5 rings (SSSR count). The maximum atomic E-state index is 13.4. The van der Waals surface area contributed by atoms with Crippen molar-refractivity contribution in [1.29, 1.82) is 0 Å².